The molecule has 1 aliphatic carbocycles. The smallest absolute Gasteiger partial charge is 0.220 e. The van der Waals surface area contributed by atoms with E-state index in [0.717, 1.165) is 38.2 Å². The standard InChI is InChI=1S/C15H19F2N5/c1-9-11(6-5-10(16)12(9)17)22-14(19)20-13(18)21-15(22)7-3-2-4-8-15/h5-6H,2-4,7-8H2,1H3,(H4,18,19,20,21). The molecule has 1 aliphatic heterocycles. The quantitative estimate of drug-likeness (QED) is 0.836. The van der Waals surface area contributed by atoms with Gasteiger partial charge in [-0.25, -0.2) is 13.8 Å². The number of hydrogen-bond acceptors (Lipinski definition) is 5. The number of nitrogens with two attached hydrogens (primary N) is 2. The second-order valence-electron chi connectivity index (χ2n) is 5.82. The first kappa shape index (κ1) is 14.7. The Labute approximate surface area is 127 Å². The fraction of sp³-hybridized carbons (Fsp3) is 0.467. The molecule has 1 aromatic rings. The fourth-order valence-corrected chi connectivity index (χ4v) is 3.35. The average molecular weight is 307 g/mol. The number of rotatable bonds is 1. The first-order chi connectivity index (χ1) is 10.4. The lowest BCUT2D eigenvalue weighted by atomic mass is 9.87. The molecule has 0 saturated heterocycles. The molecule has 5 nitrogen and oxygen atoms in total. The topological polar surface area (TPSA) is 80.0 Å². The third-order valence-electron chi connectivity index (χ3n) is 4.40. The zero-order valence-electron chi connectivity index (χ0n) is 12.4. The molecule has 2 aliphatic rings. The molecule has 118 valence electrons. The van der Waals surface area contributed by atoms with Gasteiger partial charge < -0.3 is 11.5 Å². The molecule has 0 atom stereocenters. The van der Waals surface area contributed by atoms with E-state index in [0.29, 0.717) is 5.69 Å². The van der Waals surface area contributed by atoms with Gasteiger partial charge in [-0.3, -0.25) is 4.90 Å². The molecule has 1 aromatic carbocycles. The van der Waals surface area contributed by atoms with E-state index in [1.807, 2.05) is 0 Å². The Hall–Kier alpha value is -2.18. The first-order valence-electron chi connectivity index (χ1n) is 7.39. The highest BCUT2D eigenvalue weighted by atomic mass is 19.2. The summed E-state index contributed by atoms with van der Waals surface area (Å²) in [5.41, 5.74) is 11.9. The predicted molar refractivity (Wildman–Crippen MR) is 82.6 cm³/mol. The van der Waals surface area contributed by atoms with Crippen molar-refractivity contribution in [2.45, 2.75) is 44.7 Å². The summed E-state index contributed by atoms with van der Waals surface area (Å²) >= 11 is 0. The van der Waals surface area contributed by atoms with Crippen LogP contribution in [0.25, 0.3) is 0 Å². The van der Waals surface area contributed by atoms with Gasteiger partial charge in [0.15, 0.2) is 11.6 Å². The van der Waals surface area contributed by atoms with Crippen molar-refractivity contribution in [1.82, 2.24) is 0 Å². The van der Waals surface area contributed by atoms with Crippen LogP contribution >= 0.6 is 0 Å². The maximum absolute atomic E-state index is 14.0. The molecule has 1 heterocycles. The maximum Gasteiger partial charge on any atom is 0.220 e. The zero-order valence-corrected chi connectivity index (χ0v) is 12.4. The van der Waals surface area contributed by atoms with Crippen LogP contribution in [0.5, 0.6) is 0 Å². The van der Waals surface area contributed by atoms with Gasteiger partial charge in [-0.2, -0.15) is 4.99 Å². The van der Waals surface area contributed by atoms with E-state index in [1.54, 1.807) is 4.90 Å². The zero-order chi connectivity index (χ0) is 15.9. The van der Waals surface area contributed by atoms with E-state index < -0.39 is 17.3 Å². The van der Waals surface area contributed by atoms with Crippen LogP contribution in [0.15, 0.2) is 22.1 Å². The summed E-state index contributed by atoms with van der Waals surface area (Å²) < 4.78 is 27.4. The van der Waals surface area contributed by atoms with Crippen molar-refractivity contribution in [2.24, 2.45) is 21.5 Å². The fourth-order valence-electron chi connectivity index (χ4n) is 3.35. The second kappa shape index (κ2) is 5.23. The van der Waals surface area contributed by atoms with Crippen molar-refractivity contribution < 1.29 is 8.78 Å². The molecule has 0 amide bonds. The van der Waals surface area contributed by atoms with Gasteiger partial charge in [-0.1, -0.05) is 6.42 Å². The summed E-state index contributed by atoms with van der Waals surface area (Å²) in [5, 5.41) is 0. The van der Waals surface area contributed by atoms with Crippen molar-refractivity contribution in [2.75, 3.05) is 4.90 Å². The van der Waals surface area contributed by atoms with E-state index in [1.165, 1.54) is 13.0 Å². The van der Waals surface area contributed by atoms with E-state index in [-0.39, 0.29) is 17.5 Å². The van der Waals surface area contributed by atoms with Crippen molar-refractivity contribution in [3.05, 3.63) is 29.3 Å². The molecule has 0 unspecified atom stereocenters. The van der Waals surface area contributed by atoms with Gasteiger partial charge in [0.2, 0.25) is 11.9 Å². The Balaban J connectivity index is 2.14. The largest absolute Gasteiger partial charge is 0.369 e. The molecule has 0 bridgehead atoms. The number of aliphatic imine (C=N–C) groups is 2. The Morgan fingerprint density at radius 2 is 1.82 bits per heavy atom. The molecule has 4 N–H and O–H groups in total. The molecule has 1 spiro atoms. The van der Waals surface area contributed by atoms with Crippen LogP contribution in [-0.4, -0.2) is 17.6 Å². The van der Waals surface area contributed by atoms with Crippen molar-refractivity contribution in [1.29, 1.82) is 0 Å². The molecule has 0 radical (unpaired) electrons. The van der Waals surface area contributed by atoms with Crippen LogP contribution in [0.3, 0.4) is 0 Å². The summed E-state index contributed by atoms with van der Waals surface area (Å²) in [7, 11) is 0. The summed E-state index contributed by atoms with van der Waals surface area (Å²) in [6.07, 6.45) is 4.57. The molecular weight excluding hydrogens is 288 g/mol. The Morgan fingerprint density at radius 3 is 2.50 bits per heavy atom. The minimum atomic E-state index is -0.880. The molecule has 1 saturated carbocycles. The molecule has 3 rings (SSSR count). The van der Waals surface area contributed by atoms with Crippen LogP contribution < -0.4 is 16.4 Å². The number of halogens is 2. The maximum atomic E-state index is 14.0. The lowest BCUT2D eigenvalue weighted by molar-refractivity contribution is 0.305. The van der Waals surface area contributed by atoms with Gasteiger partial charge in [0, 0.05) is 5.56 Å². The van der Waals surface area contributed by atoms with Crippen molar-refractivity contribution in [3.63, 3.8) is 0 Å². The van der Waals surface area contributed by atoms with Gasteiger partial charge in [0.1, 0.15) is 5.66 Å². The Morgan fingerprint density at radius 1 is 1.14 bits per heavy atom. The van der Waals surface area contributed by atoms with Crippen LogP contribution in [0.1, 0.15) is 37.7 Å². The van der Waals surface area contributed by atoms with E-state index in [9.17, 15) is 8.78 Å². The first-order valence-corrected chi connectivity index (χ1v) is 7.39. The number of anilines is 1. The molecule has 1 fully saturated rings. The second-order valence-corrected chi connectivity index (χ2v) is 5.82. The third kappa shape index (κ3) is 2.20. The summed E-state index contributed by atoms with van der Waals surface area (Å²) in [6.45, 7) is 1.53. The highest BCUT2D eigenvalue weighted by Crippen LogP contribution is 2.40. The van der Waals surface area contributed by atoms with Gasteiger partial charge in [0.25, 0.3) is 0 Å². The number of benzene rings is 1. The Bertz CT molecular complexity index is 662. The van der Waals surface area contributed by atoms with Crippen LogP contribution in [-0.2, 0) is 0 Å². The minimum Gasteiger partial charge on any atom is -0.369 e. The van der Waals surface area contributed by atoms with E-state index >= 15 is 0 Å². The van der Waals surface area contributed by atoms with Gasteiger partial charge in [-0.05, 0) is 44.7 Å². The van der Waals surface area contributed by atoms with E-state index in [2.05, 4.69) is 9.98 Å². The highest BCUT2D eigenvalue weighted by Gasteiger charge is 2.43. The summed E-state index contributed by atoms with van der Waals surface area (Å²) in [5.74, 6) is -1.45. The molecule has 0 aromatic heterocycles. The lowest BCUT2D eigenvalue weighted by Crippen LogP contribution is -2.58. The van der Waals surface area contributed by atoms with Crippen molar-refractivity contribution in [3.8, 4) is 0 Å². The number of hydrogen-bond donors (Lipinski definition) is 2. The van der Waals surface area contributed by atoms with Gasteiger partial charge in [-0.15, -0.1) is 0 Å². The predicted octanol–water partition coefficient (Wildman–Crippen LogP) is 2.38. The average Bonchev–Trinajstić information content (AvgIpc) is 2.47. The van der Waals surface area contributed by atoms with E-state index in [4.69, 9.17) is 11.5 Å². The van der Waals surface area contributed by atoms with Crippen LogP contribution in [0.2, 0.25) is 0 Å². The van der Waals surface area contributed by atoms with Gasteiger partial charge in [0.05, 0.1) is 5.69 Å². The number of nitrogens with zero attached hydrogens (tertiary/aromatic N) is 3. The van der Waals surface area contributed by atoms with Crippen molar-refractivity contribution >= 4 is 17.6 Å². The lowest BCUT2D eigenvalue weighted by Gasteiger charge is -2.46. The minimum absolute atomic E-state index is 0.135. The highest BCUT2D eigenvalue weighted by molar-refractivity contribution is 6.06. The molecule has 22 heavy (non-hydrogen) atoms. The van der Waals surface area contributed by atoms with Crippen LogP contribution in [0.4, 0.5) is 14.5 Å². The monoisotopic (exact) mass is 307 g/mol. The van der Waals surface area contributed by atoms with Crippen LogP contribution in [0, 0.1) is 18.6 Å². The third-order valence-corrected chi connectivity index (χ3v) is 4.40. The summed E-state index contributed by atoms with van der Waals surface area (Å²) in [4.78, 5) is 10.2. The molecule has 7 heteroatoms. The normalized spacial score (nSPS) is 20.8. The number of guanidine groups is 2. The van der Waals surface area contributed by atoms with Gasteiger partial charge >= 0.3 is 0 Å². The Kier molecular flexibility index (Phi) is 3.50. The SMILES string of the molecule is Cc1c(N2C(N)=NC(N)=NC23CCCCC3)ccc(F)c1F. The molecular formula is C15H19F2N5. The summed E-state index contributed by atoms with van der Waals surface area (Å²) in [6, 6.07) is 2.62.